The summed E-state index contributed by atoms with van der Waals surface area (Å²) in [6.45, 7) is 4.48. The third kappa shape index (κ3) is 1.58. The van der Waals surface area contributed by atoms with Crippen molar-refractivity contribution in [3.63, 3.8) is 0 Å². The molecule has 18 heavy (non-hydrogen) atoms. The van der Waals surface area contributed by atoms with E-state index in [9.17, 15) is 0 Å². The van der Waals surface area contributed by atoms with Gasteiger partial charge in [0.1, 0.15) is 0 Å². The molecule has 3 rings (SSSR count). The molecule has 0 aromatic heterocycles. The van der Waals surface area contributed by atoms with Gasteiger partial charge in [0.25, 0.3) is 0 Å². The van der Waals surface area contributed by atoms with Crippen LogP contribution in [0.25, 0.3) is 6.08 Å². The molecule has 1 aliphatic rings. The summed E-state index contributed by atoms with van der Waals surface area (Å²) in [5.41, 5.74) is 5.38. The summed E-state index contributed by atoms with van der Waals surface area (Å²) in [5.74, 6) is 0. The first-order valence-electron chi connectivity index (χ1n) is 6.17. The average molecular weight is 299 g/mol. The molecule has 0 N–H and O–H groups in total. The lowest BCUT2D eigenvalue weighted by molar-refractivity contribution is 0.727. The van der Waals surface area contributed by atoms with Gasteiger partial charge in [-0.25, -0.2) is 0 Å². The molecule has 90 valence electrons. The van der Waals surface area contributed by atoms with Crippen LogP contribution < -0.4 is 0 Å². The number of hydrogen-bond donors (Lipinski definition) is 0. The first-order chi connectivity index (χ1) is 8.63. The molecule has 1 aliphatic carbocycles. The minimum absolute atomic E-state index is 0.0270. The van der Waals surface area contributed by atoms with Gasteiger partial charge in [-0.15, -0.1) is 0 Å². The Morgan fingerprint density at radius 2 is 1.78 bits per heavy atom. The molecule has 2 aromatic carbocycles. The van der Waals surface area contributed by atoms with Gasteiger partial charge < -0.3 is 0 Å². The fourth-order valence-corrected chi connectivity index (χ4v) is 3.74. The minimum atomic E-state index is -0.0270. The summed E-state index contributed by atoms with van der Waals surface area (Å²) in [6, 6.07) is 15.0. The Bertz CT molecular complexity index is 640. The predicted octanol–water partition coefficient (Wildman–Crippen LogP) is 5.09. The van der Waals surface area contributed by atoms with Gasteiger partial charge in [-0.3, -0.25) is 0 Å². The molecule has 0 aliphatic heterocycles. The summed E-state index contributed by atoms with van der Waals surface area (Å²) in [5, 5.41) is 0. The van der Waals surface area contributed by atoms with Crippen molar-refractivity contribution >= 4 is 22.0 Å². The number of benzene rings is 2. The molecule has 0 amide bonds. The van der Waals surface area contributed by atoms with Gasteiger partial charge in [0.05, 0.1) is 0 Å². The Morgan fingerprint density at radius 3 is 2.56 bits per heavy atom. The van der Waals surface area contributed by atoms with Crippen LogP contribution in [0.1, 0.15) is 29.2 Å². The van der Waals surface area contributed by atoms with E-state index in [1.54, 1.807) is 0 Å². The van der Waals surface area contributed by atoms with Gasteiger partial charge in [0, 0.05) is 9.89 Å². The first-order valence-corrected chi connectivity index (χ1v) is 6.96. The molecule has 0 radical (unpaired) electrons. The van der Waals surface area contributed by atoms with E-state index in [0.717, 1.165) is 0 Å². The highest BCUT2D eigenvalue weighted by molar-refractivity contribution is 9.10. The van der Waals surface area contributed by atoms with Crippen LogP contribution in [-0.2, 0) is 5.41 Å². The van der Waals surface area contributed by atoms with Crippen LogP contribution in [0.4, 0.5) is 0 Å². The summed E-state index contributed by atoms with van der Waals surface area (Å²) in [7, 11) is 0. The van der Waals surface area contributed by atoms with E-state index in [1.807, 2.05) is 0 Å². The maximum atomic E-state index is 3.70. The maximum absolute atomic E-state index is 3.70. The monoisotopic (exact) mass is 298 g/mol. The zero-order valence-corrected chi connectivity index (χ0v) is 12.2. The standard InChI is InChI=1S/C17H15Br/c1-12-6-3-4-8-14(12)17(2)11-10-13-7-5-9-15(18)16(13)17/h3-11H,1-2H3. The summed E-state index contributed by atoms with van der Waals surface area (Å²) in [4.78, 5) is 0. The molecule has 1 unspecified atom stereocenters. The largest absolute Gasteiger partial charge is 0.0692 e. The normalized spacial score (nSPS) is 21.1. The van der Waals surface area contributed by atoms with Crippen LogP contribution in [0.5, 0.6) is 0 Å². The second-order valence-electron chi connectivity index (χ2n) is 5.05. The molecule has 0 heterocycles. The SMILES string of the molecule is Cc1ccccc1C1(C)C=Cc2cccc(Br)c21. The van der Waals surface area contributed by atoms with Gasteiger partial charge in [-0.1, -0.05) is 64.5 Å². The number of rotatable bonds is 1. The lowest BCUT2D eigenvalue weighted by atomic mass is 9.76. The number of allylic oxidation sites excluding steroid dienone is 1. The molecular weight excluding hydrogens is 284 g/mol. The van der Waals surface area contributed by atoms with Crippen molar-refractivity contribution in [2.45, 2.75) is 19.3 Å². The van der Waals surface area contributed by atoms with Crippen LogP contribution in [-0.4, -0.2) is 0 Å². The Morgan fingerprint density at radius 1 is 1.00 bits per heavy atom. The summed E-state index contributed by atoms with van der Waals surface area (Å²) in [6.07, 6.45) is 4.54. The van der Waals surface area contributed by atoms with Crippen LogP contribution in [0.15, 0.2) is 53.0 Å². The van der Waals surface area contributed by atoms with Crippen molar-refractivity contribution in [3.05, 3.63) is 75.3 Å². The average Bonchev–Trinajstić information content (AvgIpc) is 2.70. The summed E-state index contributed by atoms with van der Waals surface area (Å²) < 4.78 is 1.19. The third-order valence-corrected chi connectivity index (χ3v) is 4.53. The highest BCUT2D eigenvalue weighted by atomic mass is 79.9. The quantitative estimate of drug-likeness (QED) is 0.688. The van der Waals surface area contributed by atoms with Crippen molar-refractivity contribution in [3.8, 4) is 0 Å². The van der Waals surface area contributed by atoms with Gasteiger partial charge in [0.15, 0.2) is 0 Å². The number of halogens is 1. The van der Waals surface area contributed by atoms with Crippen LogP contribution in [0, 0.1) is 6.92 Å². The van der Waals surface area contributed by atoms with Crippen LogP contribution >= 0.6 is 15.9 Å². The van der Waals surface area contributed by atoms with E-state index in [0.29, 0.717) is 0 Å². The van der Waals surface area contributed by atoms with E-state index >= 15 is 0 Å². The molecule has 0 saturated heterocycles. The molecule has 0 fully saturated rings. The maximum Gasteiger partial charge on any atom is 0.0376 e. The van der Waals surface area contributed by atoms with Crippen LogP contribution in [0.2, 0.25) is 0 Å². The lowest BCUT2D eigenvalue weighted by Crippen LogP contribution is -2.20. The number of fused-ring (bicyclic) bond motifs is 1. The van der Waals surface area contributed by atoms with E-state index < -0.39 is 0 Å². The minimum Gasteiger partial charge on any atom is -0.0692 e. The van der Waals surface area contributed by atoms with Crippen molar-refractivity contribution in [2.24, 2.45) is 0 Å². The Kier molecular flexibility index (Phi) is 2.67. The van der Waals surface area contributed by atoms with Gasteiger partial charge in [0.2, 0.25) is 0 Å². The zero-order valence-electron chi connectivity index (χ0n) is 10.6. The Balaban J connectivity index is 2.27. The molecule has 0 bridgehead atoms. The van der Waals surface area contributed by atoms with E-state index in [4.69, 9.17) is 0 Å². The second-order valence-corrected chi connectivity index (χ2v) is 5.91. The Labute approximate surface area is 116 Å². The fraction of sp³-hybridized carbons (Fsp3) is 0.176. The molecule has 1 atom stereocenters. The number of hydrogen-bond acceptors (Lipinski definition) is 0. The Hall–Kier alpha value is -1.34. The molecule has 0 saturated carbocycles. The predicted molar refractivity (Wildman–Crippen MR) is 80.8 cm³/mol. The van der Waals surface area contributed by atoms with Gasteiger partial charge >= 0.3 is 0 Å². The van der Waals surface area contributed by atoms with Crippen molar-refractivity contribution in [2.75, 3.05) is 0 Å². The van der Waals surface area contributed by atoms with E-state index in [-0.39, 0.29) is 5.41 Å². The molecule has 0 nitrogen and oxygen atoms in total. The van der Waals surface area contributed by atoms with E-state index in [2.05, 4.69) is 84.4 Å². The van der Waals surface area contributed by atoms with Crippen LogP contribution in [0.3, 0.4) is 0 Å². The number of aryl methyl sites for hydroxylation is 1. The highest BCUT2D eigenvalue weighted by Gasteiger charge is 2.34. The molecular formula is C17H15Br. The highest BCUT2D eigenvalue weighted by Crippen LogP contribution is 2.45. The van der Waals surface area contributed by atoms with Crippen molar-refractivity contribution in [1.29, 1.82) is 0 Å². The second kappa shape index (κ2) is 4.10. The first kappa shape index (κ1) is 11.7. The molecule has 2 aromatic rings. The molecule has 1 heteroatoms. The zero-order chi connectivity index (χ0) is 12.8. The summed E-state index contributed by atoms with van der Waals surface area (Å²) >= 11 is 3.70. The lowest BCUT2D eigenvalue weighted by Gasteiger charge is -2.28. The van der Waals surface area contributed by atoms with Crippen molar-refractivity contribution in [1.82, 2.24) is 0 Å². The van der Waals surface area contributed by atoms with Gasteiger partial charge in [-0.05, 0) is 42.2 Å². The molecule has 0 spiro atoms. The topological polar surface area (TPSA) is 0 Å². The van der Waals surface area contributed by atoms with E-state index in [1.165, 1.54) is 26.7 Å². The fourth-order valence-electron chi connectivity index (χ4n) is 2.95. The smallest absolute Gasteiger partial charge is 0.0376 e. The van der Waals surface area contributed by atoms with Gasteiger partial charge in [-0.2, -0.15) is 0 Å². The van der Waals surface area contributed by atoms with Crippen molar-refractivity contribution < 1.29 is 0 Å². The third-order valence-electron chi connectivity index (χ3n) is 3.87.